The van der Waals surface area contributed by atoms with Gasteiger partial charge in [0.05, 0.1) is 17.9 Å². The molecule has 0 aromatic heterocycles. The number of carboxylic acid groups (broad SMARTS) is 3. The molecule has 204 valence electrons. The molecule has 9 heteroatoms. The summed E-state index contributed by atoms with van der Waals surface area (Å²) < 4.78 is 0. The molecule has 0 N–H and O–H groups in total. The Labute approximate surface area is 273 Å². The fourth-order valence-corrected chi connectivity index (χ4v) is 2.59. The predicted octanol–water partition coefficient (Wildman–Crippen LogP) is -4.70. The minimum absolute atomic E-state index is 0. The summed E-state index contributed by atoms with van der Waals surface area (Å²) in [6, 6.07) is 0. The van der Waals surface area contributed by atoms with Crippen molar-refractivity contribution in [3.63, 3.8) is 0 Å². The van der Waals surface area contributed by atoms with Gasteiger partial charge in [-0.3, -0.25) is 0 Å². The molecule has 0 aliphatic carbocycles. The summed E-state index contributed by atoms with van der Waals surface area (Å²) in [5, 5.41) is 30.3. The van der Waals surface area contributed by atoms with Crippen molar-refractivity contribution in [3.8, 4) is 0 Å². The van der Waals surface area contributed by atoms with Crippen LogP contribution in [0.25, 0.3) is 0 Å². The second-order valence-electron chi connectivity index (χ2n) is 9.39. The van der Waals surface area contributed by atoms with Crippen molar-refractivity contribution in [1.29, 1.82) is 0 Å². The predicted molar refractivity (Wildman–Crippen MR) is 142 cm³/mol. The largest absolute Gasteiger partial charge is 1.00 e. The first-order valence-corrected chi connectivity index (χ1v) is 12.1. The van der Waals surface area contributed by atoms with Gasteiger partial charge in [-0.05, 0) is 119 Å². The molecular formula is C30H45Li3O6. The van der Waals surface area contributed by atoms with Crippen LogP contribution >= 0.6 is 0 Å². The third-order valence-corrected chi connectivity index (χ3v) is 4.37. The summed E-state index contributed by atoms with van der Waals surface area (Å²) in [6.07, 6.45) is 14.8. The van der Waals surface area contributed by atoms with Gasteiger partial charge in [-0.25, -0.2) is 0 Å². The van der Waals surface area contributed by atoms with E-state index in [2.05, 4.69) is 18.2 Å². The van der Waals surface area contributed by atoms with Crippen molar-refractivity contribution < 1.29 is 86.3 Å². The Morgan fingerprint density at radius 1 is 0.436 bits per heavy atom. The normalized spacial score (nSPS) is 10.2. The van der Waals surface area contributed by atoms with Crippen LogP contribution < -0.4 is 71.9 Å². The van der Waals surface area contributed by atoms with E-state index < -0.39 is 17.9 Å². The molecule has 39 heavy (non-hydrogen) atoms. The van der Waals surface area contributed by atoms with E-state index in [1.165, 1.54) is 16.7 Å². The van der Waals surface area contributed by atoms with E-state index in [1.54, 1.807) is 20.8 Å². The molecule has 0 aliphatic heterocycles. The average molecular weight is 523 g/mol. The summed E-state index contributed by atoms with van der Waals surface area (Å²) in [7, 11) is 0. The number of rotatable bonds is 12. The average Bonchev–Trinajstić information content (AvgIpc) is 2.66. The Morgan fingerprint density at radius 3 is 0.744 bits per heavy atom. The Bertz CT molecular complexity index is 753. The number of hydrogen-bond donors (Lipinski definition) is 0. The van der Waals surface area contributed by atoms with E-state index in [1.807, 2.05) is 41.5 Å². The zero-order chi connectivity index (χ0) is 28.7. The van der Waals surface area contributed by atoms with Gasteiger partial charge in [0.25, 0.3) is 0 Å². The molecule has 0 bridgehead atoms. The van der Waals surface area contributed by atoms with Gasteiger partial charge < -0.3 is 29.7 Å². The first-order valence-electron chi connectivity index (χ1n) is 12.1. The van der Waals surface area contributed by atoms with Gasteiger partial charge in [-0.1, -0.05) is 51.7 Å². The second kappa shape index (κ2) is 32.9. The molecule has 0 aromatic rings. The minimum Gasteiger partial charge on any atom is -0.545 e. The number of allylic oxidation sites excluding steroid dienone is 9. The van der Waals surface area contributed by atoms with Gasteiger partial charge in [-0.2, -0.15) is 0 Å². The maximum Gasteiger partial charge on any atom is 1.00 e. The van der Waals surface area contributed by atoms with E-state index in [0.29, 0.717) is 0 Å². The third kappa shape index (κ3) is 53.6. The smallest absolute Gasteiger partial charge is 0.545 e. The monoisotopic (exact) mass is 522 g/mol. The summed E-state index contributed by atoms with van der Waals surface area (Å²) in [6.45, 7) is 17.6. The molecule has 0 radical (unpaired) electrons. The first kappa shape index (κ1) is 50.5. The van der Waals surface area contributed by atoms with E-state index in [-0.39, 0.29) is 56.6 Å². The van der Waals surface area contributed by atoms with Crippen LogP contribution in [0.5, 0.6) is 0 Å². The maximum absolute atomic E-state index is 10.1. The first-order chi connectivity index (χ1) is 16.6. The van der Waals surface area contributed by atoms with Crippen molar-refractivity contribution in [1.82, 2.24) is 0 Å². The Kier molecular flexibility index (Phi) is 42.5. The summed E-state index contributed by atoms with van der Waals surface area (Å²) in [5.74, 6) is -3.32. The van der Waals surface area contributed by atoms with Crippen LogP contribution in [0.4, 0.5) is 0 Å². The number of carbonyl (C=O) groups excluding carboxylic acids is 3. The fraction of sp³-hybridized carbons (Fsp3) is 0.500. The third-order valence-electron chi connectivity index (χ3n) is 4.37. The van der Waals surface area contributed by atoms with Crippen molar-refractivity contribution in [3.05, 3.63) is 69.9 Å². The van der Waals surface area contributed by atoms with Crippen LogP contribution in [0.15, 0.2) is 69.9 Å². The molecule has 0 saturated heterocycles. The number of carboxylic acids is 3. The van der Waals surface area contributed by atoms with Crippen molar-refractivity contribution >= 4 is 17.9 Å². The Hall–Kier alpha value is -1.36. The molecule has 0 fully saturated rings. The van der Waals surface area contributed by atoms with Crippen LogP contribution in [-0.2, 0) is 14.4 Å². The molecule has 0 rings (SSSR count). The van der Waals surface area contributed by atoms with Gasteiger partial charge in [0.15, 0.2) is 0 Å². The van der Waals surface area contributed by atoms with Gasteiger partial charge in [-0.15, -0.1) is 0 Å². The molecule has 0 spiro atoms. The Balaban J connectivity index is -0.000000101. The van der Waals surface area contributed by atoms with Crippen LogP contribution in [0, 0.1) is 0 Å². The van der Waals surface area contributed by atoms with Crippen LogP contribution in [0.2, 0.25) is 0 Å². The maximum atomic E-state index is 10.1. The van der Waals surface area contributed by atoms with Gasteiger partial charge in [0.1, 0.15) is 0 Å². The van der Waals surface area contributed by atoms with Gasteiger partial charge in [0.2, 0.25) is 0 Å². The summed E-state index contributed by atoms with van der Waals surface area (Å²) >= 11 is 0. The SMILES string of the molecule is CC(C)=CCC/C(C)=C\C(=O)[O-].CC(C)=CCC/C(C)=C\C(=O)[O-].CC(C)=CCC/C(C)=C\C(=O)[O-].[Li+].[Li+].[Li+]. The van der Waals surface area contributed by atoms with E-state index in [0.717, 1.165) is 73.5 Å². The molecule has 6 nitrogen and oxygen atoms in total. The molecular weight excluding hydrogens is 477 g/mol. The van der Waals surface area contributed by atoms with Crippen LogP contribution in [0.1, 0.15) is 101 Å². The zero-order valence-corrected chi connectivity index (χ0v) is 26.7. The summed E-state index contributed by atoms with van der Waals surface area (Å²) in [5.41, 5.74) is 6.34. The van der Waals surface area contributed by atoms with Crippen molar-refractivity contribution in [2.75, 3.05) is 0 Å². The van der Waals surface area contributed by atoms with Gasteiger partial charge in [0, 0.05) is 0 Å². The van der Waals surface area contributed by atoms with Crippen molar-refractivity contribution in [2.24, 2.45) is 0 Å². The molecule has 0 unspecified atom stereocenters. The number of carbonyl (C=O) groups is 3. The Morgan fingerprint density at radius 2 is 0.615 bits per heavy atom. The number of hydrogen-bond acceptors (Lipinski definition) is 6. The summed E-state index contributed by atoms with van der Waals surface area (Å²) in [4.78, 5) is 30.3. The topological polar surface area (TPSA) is 120 Å². The number of aliphatic carboxylic acids is 3. The van der Waals surface area contributed by atoms with Crippen molar-refractivity contribution in [2.45, 2.75) is 101 Å². The molecule has 0 amide bonds. The molecule has 0 saturated carbocycles. The second-order valence-corrected chi connectivity index (χ2v) is 9.39. The minimum atomic E-state index is -1.11. The molecule has 0 aliphatic rings. The standard InChI is InChI=1S/3C10H16O2.3Li/c3*1-8(2)5-4-6-9(3)7-10(11)12;;;/h3*5,7H,4,6H2,1-3H3,(H,11,12);;;/q;;;3*+1/p-3/b3*9-7-;;;. The zero-order valence-electron chi connectivity index (χ0n) is 26.7. The van der Waals surface area contributed by atoms with Crippen LogP contribution in [-0.4, -0.2) is 17.9 Å². The van der Waals surface area contributed by atoms with E-state index in [4.69, 9.17) is 0 Å². The van der Waals surface area contributed by atoms with Crippen LogP contribution in [0.3, 0.4) is 0 Å². The molecule has 0 aromatic carbocycles. The molecule has 0 heterocycles. The fourth-order valence-electron chi connectivity index (χ4n) is 2.59. The molecule has 0 atom stereocenters. The van der Waals surface area contributed by atoms with E-state index >= 15 is 0 Å². The van der Waals surface area contributed by atoms with Gasteiger partial charge >= 0.3 is 56.6 Å². The quantitative estimate of drug-likeness (QED) is 0.144. The van der Waals surface area contributed by atoms with E-state index in [9.17, 15) is 29.7 Å².